The van der Waals surface area contributed by atoms with Gasteiger partial charge in [0.05, 0.1) is 6.10 Å². The summed E-state index contributed by atoms with van der Waals surface area (Å²) in [5.74, 6) is 0.440. The van der Waals surface area contributed by atoms with E-state index in [1.165, 1.54) is 12.8 Å². The zero-order valence-electron chi connectivity index (χ0n) is 10.3. The van der Waals surface area contributed by atoms with Gasteiger partial charge >= 0.3 is 0 Å². The van der Waals surface area contributed by atoms with Gasteiger partial charge in [-0.05, 0) is 38.6 Å². The van der Waals surface area contributed by atoms with Crippen molar-refractivity contribution in [1.82, 2.24) is 5.32 Å². The van der Waals surface area contributed by atoms with Gasteiger partial charge in [-0.25, -0.2) is 0 Å². The van der Waals surface area contributed by atoms with Crippen molar-refractivity contribution in [2.24, 2.45) is 5.41 Å². The number of ether oxygens (including phenoxy) is 1. The lowest BCUT2D eigenvalue weighted by molar-refractivity contribution is -0.127. The van der Waals surface area contributed by atoms with Crippen LogP contribution in [-0.4, -0.2) is 31.6 Å². The summed E-state index contributed by atoms with van der Waals surface area (Å²) in [4.78, 5) is 12.1. The number of carbonyl (C=O) groups is 1. The van der Waals surface area contributed by atoms with Crippen LogP contribution >= 0.6 is 0 Å². The molecule has 2 heterocycles. The topological polar surface area (TPSA) is 38.3 Å². The van der Waals surface area contributed by atoms with Crippen molar-refractivity contribution in [1.29, 1.82) is 0 Å². The Kier molecular flexibility index (Phi) is 3.98. The molecule has 3 heteroatoms. The monoisotopic (exact) mass is 225 g/mol. The molecule has 2 aliphatic rings. The highest BCUT2D eigenvalue weighted by Gasteiger charge is 2.35. The van der Waals surface area contributed by atoms with Crippen molar-refractivity contribution in [2.45, 2.75) is 51.6 Å². The molecule has 3 nitrogen and oxygen atoms in total. The van der Waals surface area contributed by atoms with Crippen molar-refractivity contribution < 1.29 is 9.53 Å². The summed E-state index contributed by atoms with van der Waals surface area (Å²) in [5, 5.41) is 3.28. The molecular formula is C13H23NO2. The second kappa shape index (κ2) is 5.28. The minimum atomic E-state index is -0.0868. The average molecular weight is 225 g/mol. The zero-order valence-corrected chi connectivity index (χ0v) is 10.3. The molecule has 2 unspecified atom stereocenters. The molecule has 2 rings (SSSR count). The summed E-state index contributed by atoms with van der Waals surface area (Å²) in [6, 6.07) is 0. The molecule has 0 aromatic carbocycles. The van der Waals surface area contributed by atoms with E-state index in [4.69, 9.17) is 4.74 Å². The quantitative estimate of drug-likeness (QED) is 0.776. The van der Waals surface area contributed by atoms with Crippen molar-refractivity contribution in [3.05, 3.63) is 0 Å². The Bertz CT molecular complexity index is 240. The Morgan fingerprint density at radius 2 is 2.44 bits per heavy atom. The third kappa shape index (κ3) is 2.83. The highest BCUT2D eigenvalue weighted by Crippen LogP contribution is 2.28. The molecule has 2 aliphatic heterocycles. The predicted octanol–water partition coefficient (Wildman–Crippen LogP) is 1.90. The van der Waals surface area contributed by atoms with Crippen molar-refractivity contribution >= 4 is 5.78 Å². The van der Waals surface area contributed by atoms with E-state index in [0.717, 1.165) is 45.4 Å². The molecule has 2 saturated heterocycles. The molecule has 0 bridgehead atoms. The van der Waals surface area contributed by atoms with Crippen LogP contribution < -0.4 is 5.32 Å². The number of rotatable bonds is 5. The van der Waals surface area contributed by atoms with Gasteiger partial charge < -0.3 is 10.1 Å². The van der Waals surface area contributed by atoms with Crippen LogP contribution in [0.25, 0.3) is 0 Å². The molecule has 0 radical (unpaired) electrons. The number of hydrogen-bond acceptors (Lipinski definition) is 3. The summed E-state index contributed by atoms with van der Waals surface area (Å²) in [5.41, 5.74) is -0.0868. The van der Waals surface area contributed by atoms with Gasteiger partial charge in [0.15, 0.2) is 0 Å². The summed E-state index contributed by atoms with van der Waals surface area (Å²) in [6.07, 6.45) is 6.62. The summed E-state index contributed by atoms with van der Waals surface area (Å²) in [6.45, 7) is 4.88. The van der Waals surface area contributed by atoms with E-state index in [1.807, 2.05) is 0 Å². The van der Waals surface area contributed by atoms with Gasteiger partial charge in [-0.2, -0.15) is 0 Å². The number of nitrogens with one attached hydrogen (secondary N) is 1. The maximum atomic E-state index is 12.1. The van der Waals surface area contributed by atoms with Crippen LogP contribution in [0.15, 0.2) is 0 Å². The molecule has 16 heavy (non-hydrogen) atoms. The minimum Gasteiger partial charge on any atom is -0.378 e. The van der Waals surface area contributed by atoms with Gasteiger partial charge in [0.1, 0.15) is 5.78 Å². The number of carbonyl (C=O) groups excluding carboxylic acids is 1. The van der Waals surface area contributed by atoms with Crippen molar-refractivity contribution in [2.75, 3.05) is 19.7 Å². The number of Topliss-reactive ketones (excluding diaryl/α,β-unsaturated/α-hetero) is 1. The molecule has 0 aliphatic carbocycles. The first-order valence-electron chi connectivity index (χ1n) is 6.56. The first-order chi connectivity index (χ1) is 7.71. The fraction of sp³-hybridized carbons (Fsp3) is 0.923. The Hall–Kier alpha value is -0.410. The van der Waals surface area contributed by atoms with Gasteiger partial charge in [0, 0.05) is 25.0 Å². The van der Waals surface area contributed by atoms with E-state index in [-0.39, 0.29) is 5.41 Å². The van der Waals surface area contributed by atoms with E-state index in [1.54, 1.807) is 0 Å². The summed E-state index contributed by atoms with van der Waals surface area (Å²) in [7, 11) is 0. The third-order valence-electron chi connectivity index (χ3n) is 4.00. The normalized spacial score (nSPS) is 34.4. The Morgan fingerprint density at radius 1 is 1.56 bits per heavy atom. The van der Waals surface area contributed by atoms with Crippen LogP contribution in [0.3, 0.4) is 0 Å². The lowest BCUT2D eigenvalue weighted by Gasteiger charge is -2.21. The number of ketones is 1. The third-order valence-corrected chi connectivity index (χ3v) is 4.00. The molecule has 0 aromatic rings. The Morgan fingerprint density at radius 3 is 3.06 bits per heavy atom. The Labute approximate surface area is 97.9 Å². The number of hydrogen-bond donors (Lipinski definition) is 1. The van der Waals surface area contributed by atoms with Gasteiger partial charge in [-0.15, -0.1) is 0 Å². The standard InChI is InChI=1S/C13H23NO2/c1-13(7-8-14-10-13)12(15)6-2-4-11-5-3-9-16-11/h11,14H,2-10H2,1H3. The SMILES string of the molecule is CC1(C(=O)CCCC2CCCO2)CCNC1. The fourth-order valence-corrected chi connectivity index (χ4v) is 2.72. The first-order valence-corrected chi connectivity index (χ1v) is 6.56. The smallest absolute Gasteiger partial charge is 0.140 e. The van der Waals surface area contributed by atoms with E-state index in [9.17, 15) is 4.79 Å². The average Bonchev–Trinajstić information content (AvgIpc) is 2.90. The van der Waals surface area contributed by atoms with E-state index in [2.05, 4.69) is 12.2 Å². The maximum Gasteiger partial charge on any atom is 0.140 e. The van der Waals surface area contributed by atoms with Crippen LogP contribution in [0.5, 0.6) is 0 Å². The first kappa shape index (κ1) is 12.1. The van der Waals surface area contributed by atoms with Gasteiger partial charge in [0.25, 0.3) is 0 Å². The second-order valence-electron chi connectivity index (χ2n) is 5.44. The van der Waals surface area contributed by atoms with Crippen LogP contribution in [0, 0.1) is 5.41 Å². The minimum absolute atomic E-state index is 0.0868. The summed E-state index contributed by atoms with van der Waals surface area (Å²) < 4.78 is 5.56. The molecule has 2 fully saturated rings. The van der Waals surface area contributed by atoms with E-state index in [0.29, 0.717) is 11.9 Å². The molecule has 0 spiro atoms. The lowest BCUT2D eigenvalue weighted by Crippen LogP contribution is -2.30. The highest BCUT2D eigenvalue weighted by molar-refractivity contribution is 5.85. The van der Waals surface area contributed by atoms with Crippen LogP contribution in [-0.2, 0) is 9.53 Å². The molecular weight excluding hydrogens is 202 g/mol. The second-order valence-corrected chi connectivity index (χ2v) is 5.44. The van der Waals surface area contributed by atoms with Gasteiger partial charge in [-0.3, -0.25) is 4.79 Å². The van der Waals surface area contributed by atoms with Crippen molar-refractivity contribution in [3.63, 3.8) is 0 Å². The maximum absolute atomic E-state index is 12.1. The zero-order chi connectivity index (χ0) is 11.4. The fourth-order valence-electron chi connectivity index (χ4n) is 2.72. The highest BCUT2D eigenvalue weighted by atomic mass is 16.5. The lowest BCUT2D eigenvalue weighted by atomic mass is 9.82. The van der Waals surface area contributed by atoms with E-state index >= 15 is 0 Å². The molecule has 0 amide bonds. The van der Waals surface area contributed by atoms with Crippen LogP contribution in [0.4, 0.5) is 0 Å². The Balaban J connectivity index is 1.67. The molecule has 0 aromatic heterocycles. The van der Waals surface area contributed by atoms with Gasteiger partial charge in [0.2, 0.25) is 0 Å². The van der Waals surface area contributed by atoms with Gasteiger partial charge in [-0.1, -0.05) is 6.92 Å². The predicted molar refractivity (Wildman–Crippen MR) is 63.4 cm³/mol. The molecule has 2 atom stereocenters. The molecule has 1 N–H and O–H groups in total. The van der Waals surface area contributed by atoms with Crippen molar-refractivity contribution in [3.8, 4) is 0 Å². The molecule has 92 valence electrons. The summed E-state index contributed by atoms with van der Waals surface area (Å²) >= 11 is 0. The van der Waals surface area contributed by atoms with Crippen LogP contribution in [0.1, 0.15) is 45.4 Å². The van der Waals surface area contributed by atoms with Crippen LogP contribution in [0.2, 0.25) is 0 Å². The largest absolute Gasteiger partial charge is 0.378 e. The molecule has 0 saturated carbocycles. The van der Waals surface area contributed by atoms with E-state index < -0.39 is 0 Å².